The van der Waals surface area contributed by atoms with Crippen molar-refractivity contribution in [3.8, 4) is 0 Å². The van der Waals surface area contributed by atoms with Gasteiger partial charge in [-0.15, -0.1) is 18.3 Å². The molecule has 8 heteroatoms. The summed E-state index contributed by atoms with van der Waals surface area (Å²) < 4.78 is 4.79. The summed E-state index contributed by atoms with van der Waals surface area (Å²) >= 11 is 1.67. The molecule has 37 heavy (non-hydrogen) atoms. The van der Waals surface area contributed by atoms with Crippen LogP contribution in [-0.2, 0) is 19.1 Å². The quantitative estimate of drug-likeness (QED) is 0.250. The topological polar surface area (TPSA) is 87.2 Å². The van der Waals surface area contributed by atoms with Crippen molar-refractivity contribution in [2.75, 3.05) is 31.2 Å². The zero-order valence-electron chi connectivity index (χ0n) is 22.3. The summed E-state index contributed by atoms with van der Waals surface area (Å²) in [5, 5.41) is 9.14. The van der Waals surface area contributed by atoms with E-state index < -0.39 is 22.6 Å². The number of likely N-dealkylation sites (tertiary alicyclic amines) is 1. The van der Waals surface area contributed by atoms with Crippen molar-refractivity contribution >= 4 is 35.2 Å². The highest BCUT2D eigenvalue weighted by molar-refractivity contribution is 8.02. The van der Waals surface area contributed by atoms with Gasteiger partial charge in [0.25, 0.3) is 5.91 Å². The fourth-order valence-electron chi connectivity index (χ4n) is 6.73. The number of ether oxygens (including phenoxy) is 1. The third-order valence-corrected chi connectivity index (χ3v) is 10.1. The van der Waals surface area contributed by atoms with Gasteiger partial charge >= 0.3 is 5.97 Å². The lowest BCUT2D eigenvalue weighted by Gasteiger charge is -2.38. The predicted molar refractivity (Wildman–Crippen MR) is 146 cm³/mol. The summed E-state index contributed by atoms with van der Waals surface area (Å²) in [4.78, 5) is 45.2. The van der Waals surface area contributed by atoms with Crippen LogP contribution in [0.1, 0.15) is 56.6 Å². The average Bonchev–Trinajstić information content (AvgIpc) is 3.50. The van der Waals surface area contributed by atoms with Crippen molar-refractivity contribution < 1.29 is 24.2 Å². The summed E-state index contributed by atoms with van der Waals surface area (Å²) in [6.45, 7) is 10.9. The van der Waals surface area contributed by atoms with Crippen molar-refractivity contribution in [2.45, 2.75) is 75.3 Å². The van der Waals surface area contributed by atoms with Gasteiger partial charge in [-0.05, 0) is 57.6 Å². The number of thioether (sulfide) groups is 1. The molecule has 3 saturated heterocycles. The molecule has 202 valence electrons. The highest BCUT2D eigenvalue weighted by atomic mass is 32.2. The van der Waals surface area contributed by atoms with Crippen molar-refractivity contribution in [1.82, 2.24) is 4.90 Å². The van der Waals surface area contributed by atoms with E-state index in [1.54, 1.807) is 34.6 Å². The molecule has 0 radical (unpaired) electrons. The van der Waals surface area contributed by atoms with Crippen LogP contribution in [0.25, 0.3) is 0 Å². The molecule has 3 aliphatic heterocycles. The molecule has 0 saturated carbocycles. The number of anilines is 1. The number of benzene rings is 1. The Kier molecular flexibility index (Phi) is 8.69. The number of aryl methyl sites for hydroxylation is 2. The number of nitrogens with zero attached hydrogens (tertiary/aromatic N) is 2. The largest absolute Gasteiger partial charge is 0.466 e. The number of unbranched alkanes of at least 4 members (excludes halogenated alkanes) is 3. The number of hydrogen-bond acceptors (Lipinski definition) is 6. The van der Waals surface area contributed by atoms with Gasteiger partial charge in [0.2, 0.25) is 5.91 Å². The molecule has 0 aliphatic carbocycles. The summed E-state index contributed by atoms with van der Waals surface area (Å²) in [5.74, 6) is -1.54. The van der Waals surface area contributed by atoms with Gasteiger partial charge in [-0.1, -0.05) is 37.1 Å². The Bertz CT molecular complexity index is 1020. The molecule has 5 atom stereocenters. The number of rotatable bonds is 12. The summed E-state index contributed by atoms with van der Waals surface area (Å²) in [6.07, 6.45) is 6.49. The molecule has 7 nitrogen and oxygen atoms in total. The van der Waals surface area contributed by atoms with E-state index in [0.29, 0.717) is 13.1 Å². The van der Waals surface area contributed by atoms with Crippen molar-refractivity contribution in [2.24, 2.45) is 11.8 Å². The van der Waals surface area contributed by atoms with Gasteiger partial charge in [0.1, 0.15) is 6.04 Å². The molecule has 1 N–H and O–H groups in total. The second-order valence-electron chi connectivity index (χ2n) is 10.5. The Labute approximate surface area is 224 Å². The first-order valence-corrected chi connectivity index (χ1v) is 14.4. The van der Waals surface area contributed by atoms with Crippen LogP contribution < -0.4 is 4.90 Å². The third-order valence-electron chi connectivity index (χ3n) is 8.19. The second-order valence-corrected chi connectivity index (χ2v) is 12.1. The number of esters is 1. The van der Waals surface area contributed by atoms with E-state index in [-0.39, 0.29) is 36.2 Å². The van der Waals surface area contributed by atoms with Gasteiger partial charge < -0.3 is 19.6 Å². The molecule has 3 heterocycles. The Morgan fingerprint density at radius 1 is 1.24 bits per heavy atom. The number of amides is 2. The van der Waals surface area contributed by atoms with E-state index in [0.717, 1.165) is 55.3 Å². The molecule has 3 aliphatic rings. The Morgan fingerprint density at radius 2 is 1.95 bits per heavy atom. The number of fused-ring (bicyclic) bond motifs is 1. The average molecular weight is 529 g/mol. The van der Waals surface area contributed by atoms with Crippen molar-refractivity contribution in [1.29, 1.82) is 0 Å². The molecule has 4 rings (SSSR count). The molecule has 2 amide bonds. The van der Waals surface area contributed by atoms with Crippen LogP contribution in [0.15, 0.2) is 30.9 Å². The maximum atomic E-state index is 14.6. The Balaban J connectivity index is 1.73. The maximum Gasteiger partial charge on any atom is 0.310 e. The van der Waals surface area contributed by atoms with E-state index in [1.807, 2.05) is 32.0 Å². The summed E-state index contributed by atoms with van der Waals surface area (Å²) in [5.41, 5.74) is 2.86. The number of para-hydroxylation sites is 1. The van der Waals surface area contributed by atoms with Crippen LogP contribution in [0.5, 0.6) is 0 Å². The second kappa shape index (κ2) is 11.6. The predicted octanol–water partition coefficient (Wildman–Crippen LogP) is 4.03. The van der Waals surface area contributed by atoms with E-state index in [4.69, 9.17) is 9.84 Å². The molecule has 1 spiro atoms. The zero-order valence-corrected chi connectivity index (χ0v) is 23.1. The minimum Gasteiger partial charge on any atom is -0.466 e. The van der Waals surface area contributed by atoms with Gasteiger partial charge in [-0.2, -0.15) is 0 Å². The molecular formula is C29H40N2O5S. The fraction of sp³-hybridized carbons (Fsp3) is 0.621. The molecule has 3 fully saturated rings. The normalized spacial score (nSPS) is 27.9. The van der Waals surface area contributed by atoms with E-state index >= 15 is 0 Å². The first kappa shape index (κ1) is 27.7. The maximum absolute atomic E-state index is 14.6. The van der Waals surface area contributed by atoms with Crippen LogP contribution in [0, 0.1) is 25.7 Å². The highest BCUT2D eigenvalue weighted by Crippen LogP contribution is 2.66. The van der Waals surface area contributed by atoms with Crippen LogP contribution in [0.4, 0.5) is 5.69 Å². The van der Waals surface area contributed by atoms with Crippen LogP contribution in [-0.4, -0.2) is 70.1 Å². The standard InChI is InChI=1S/C29H40N2O5S/c1-5-16-30(24-19(3)12-11-13-20(24)4)27(34)25-29-15-14-21(37-29)22(28(35)36-6-2)23(29)26(33)31(25)17-9-7-8-10-18-32/h5,11-13,21-23,25,32H,1,6-10,14-18H2,2-4H3/t21-,22+,23+,25?,29?/m1/s1. The number of carbonyl (C=O) groups excluding carboxylic acids is 3. The minimum atomic E-state index is -0.642. The first-order valence-electron chi connectivity index (χ1n) is 13.6. The minimum absolute atomic E-state index is 0.00283. The molecule has 0 aromatic heterocycles. The fourth-order valence-corrected chi connectivity index (χ4v) is 8.93. The van der Waals surface area contributed by atoms with Gasteiger partial charge in [-0.3, -0.25) is 14.4 Å². The van der Waals surface area contributed by atoms with Gasteiger partial charge in [0.15, 0.2) is 0 Å². The number of hydrogen-bond donors (Lipinski definition) is 1. The third kappa shape index (κ3) is 4.83. The smallest absolute Gasteiger partial charge is 0.310 e. The summed E-state index contributed by atoms with van der Waals surface area (Å²) in [7, 11) is 0. The molecule has 1 aromatic carbocycles. The van der Waals surface area contributed by atoms with Crippen LogP contribution in [0.3, 0.4) is 0 Å². The van der Waals surface area contributed by atoms with Crippen molar-refractivity contribution in [3.63, 3.8) is 0 Å². The number of aliphatic hydroxyl groups excluding tert-OH is 1. The van der Waals surface area contributed by atoms with E-state index in [1.165, 1.54) is 0 Å². The van der Waals surface area contributed by atoms with E-state index in [2.05, 4.69) is 6.58 Å². The van der Waals surface area contributed by atoms with Gasteiger partial charge in [0, 0.05) is 30.6 Å². The van der Waals surface area contributed by atoms with Crippen molar-refractivity contribution in [3.05, 3.63) is 42.0 Å². The number of carbonyl (C=O) groups is 3. The molecule has 2 unspecified atom stereocenters. The lowest BCUT2D eigenvalue weighted by molar-refractivity contribution is -0.153. The van der Waals surface area contributed by atoms with Crippen LogP contribution >= 0.6 is 11.8 Å². The molecule has 1 aromatic rings. The highest BCUT2D eigenvalue weighted by Gasteiger charge is 2.74. The SMILES string of the molecule is C=CCN(C(=O)C1N(CCCCCCO)C(=O)[C@@H]2[C@@H](C(=O)OCC)[C@H]3CCC12S3)c1c(C)cccc1C. The molecular weight excluding hydrogens is 488 g/mol. The van der Waals surface area contributed by atoms with E-state index in [9.17, 15) is 14.4 Å². The molecule has 2 bridgehead atoms. The van der Waals surface area contributed by atoms with Gasteiger partial charge in [0.05, 0.1) is 23.2 Å². The Hall–Kier alpha value is -2.32. The summed E-state index contributed by atoms with van der Waals surface area (Å²) in [6, 6.07) is 5.34. The monoisotopic (exact) mass is 528 g/mol. The lowest BCUT2D eigenvalue weighted by atomic mass is 9.71. The zero-order chi connectivity index (χ0) is 26.7. The Morgan fingerprint density at radius 3 is 2.59 bits per heavy atom. The lowest BCUT2D eigenvalue weighted by Crippen LogP contribution is -2.55. The van der Waals surface area contributed by atoms with Gasteiger partial charge in [-0.25, -0.2) is 0 Å². The van der Waals surface area contributed by atoms with Crippen LogP contribution in [0.2, 0.25) is 0 Å². The number of aliphatic hydroxyl groups is 1. The first-order chi connectivity index (χ1) is 17.8.